The van der Waals surface area contributed by atoms with Gasteiger partial charge < -0.3 is 14.6 Å². The Hall–Kier alpha value is -2.13. The van der Waals surface area contributed by atoms with Crippen molar-refractivity contribution in [3.05, 3.63) is 43.5 Å². The molecule has 2 aliphatic rings. The van der Waals surface area contributed by atoms with E-state index in [0.717, 1.165) is 4.57 Å². The number of nitrogens with zero attached hydrogens (tertiary/aromatic N) is 4. The molecular weight excluding hydrogens is 270 g/mol. The van der Waals surface area contributed by atoms with Crippen molar-refractivity contribution in [2.24, 2.45) is 5.11 Å². The highest BCUT2D eigenvalue weighted by Gasteiger charge is 2.61. The van der Waals surface area contributed by atoms with E-state index in [2.05, 4.69) is 15.0 Å². The molecule has 1 aromatic rings. The van der Waals surface area contributed by atoms with Crippen LogP contribution in [0.15, 0.2) is 27.0 Å². The third kappa shape index (κ3) is 1.74. The summed E-state index contributed by atoms with van der Waals surface area (Å²) in [6.45, 7) is -0.0256. The average molecular weight is 281 g/mol. The lowest BCUT2D eigenvalue weighted by molar-refractivity contribution is -0.170. The highest BCUT2D eigenvalue weighted by atomic mass is 16.6. The molecule has 1 aromatic heterocycles. The van der Waals surface area contributed by atoms with Crippen LogP contribution in [0.3, 0.4) is 0 Å². The SMILES string of the molecule is [N-]=[N+]=NC[C@@]12CO[C@@H]([C@@H](n3ccc(=O)[nH]c3=O)O1)[C@@H]2O. The van der Waals surface area contributed by atoms with Gasteiger partial charge in [-0.3, -0.25) is 14.3 Å². The second kappa shape index (κ2) is 4.46. The summed E-state index contributed by atoms with van der Waals surface area (Å²) in [6, 6.07) is 1.17. The molecule has 2 fully saturated rings. The molecule has 0 unspecified atom stereocenters. The van der Waals surface area contributed by atoms with Crippen LogP contribution in [0.4, 0.5) is 0 Å². The number of hydrogen-bond acceptors (Lipinski definition) is 6. The van der Waals surface area contributed by atoms with Crippen LogP contribution >= 0.6 is 0 Å². The average Bonchev–Trinajstić information content (AvgIpc) is 2.87. The zero-order valence-electron chi connectivity index (χ0n) is 10.2. The summed E-state index contributed by atoms with van der Waals surface area (Å²) in [5.74, 6) is 0. The van der Waals surface area contributed by atoms with Crippen LogP contribution in [-0.2, 0) is 9.47 Å². The van der Waals surface area contributed by atoms with Crippen molar-refractivity contribution >= 4 is 0 Å². The molecule has 0 radical (unpaired) electrons. The molecule has 2 bridgehead atoms. The molecule has 0 saturated carbocycles. The normalized spacial score (nSPS) is 35.0. The first-order valence-electron chi connectivity index (χ1n) is 5.87. The summed E-state index contributed by atoms with van der Waals surface area (Å²) >= 11 is 0. The quantitative estimate of drug-likeness (QED) is 0.409. The van der Waals surface area contributed by atoms with E-state index in [4.69, 9.17) is 15.0 Å². The molecule has 0 aromatic carbocycles. The zero-order chi connectivity index (χ0) is 14.3. The minimum absolute atomic E-state index is 0.0759. The summed E-state index contributed by atoms with van der Waals surface area (Å²) in [6.07, 6.45) is -1.38. The van der Waals surface area contributed by atoms with E-state index in [1.165, 1.54) is 12.3 Å². The van der Waals surface area contributed by atoms with Crippen molar-refractivity contribution in [3.8, 4) is 0 Å². The largest absolute Gasteiger partial charge is 0.387 e. The predicted molar refractivity (Wildman–Crippen MR) is 63.9 cm³/mol. The molecule has 10 heteroatoms. The van der Waals surface area contributed by atoms with Crippen LogP contribution in [-0.4, -0.2) is 45.6 Å². The summed E-state index contributed by atoms with van der Waals surface area (Å²) in [4.78, 5) is 27.5. The van der Waals surface area contributed by atoms with Gasteiger partial charge in [0.2, 0.25) is 0 Å². The molecule has 20 heavy (non-hydrogen) atoms. The number of aliphatic hydroxyl groups excluding tert-OH is 1. The van der Waals surface area contributed by atoms with E-state index in [1.807, 2.05) is 0 Å². The Morgan fingerprint density at radius 2 is 2.45 bits per heavy atom. The standard InChI is InChI=1S/C10H11N5O5/c11-14-12-3-10-4-19-6(7(10)17)8(20-10)15-2-1-5(16)13-9(15)18/h1-2,6-8,17H,3-4H2,(H,13,16,18)/t6-,7+,8+,10+/m1/s1. The number of aromatic nitrogens is 2. The Morgan fingerprint density at radius 1 is 1.65 bits per heavy atom. The van der Waals surface area contributed by atoms with Crippen molar-refractivity contribution in [2.45, 2.75) is 24.0 Å². The number of hydrogen-bond donors (Lipinski definition) is 2. The number of ether oxygens (including phenoxy) is 2. The van der Waals surface area contributed by atoms with Crippen molar-refractivity contribution in [3.63, 3.8) is 0 Å². The first kappa shape index (κ1) is 12.9. The molecule has 2 aliphatic heterocycles. The van der Waals surface area contributed by atoms with Crippen LogP contribution in [0.25, 0.3) is 10.4 Å². The van der Waals surface area contributed by atoms with Gasteiger partial charge in [-0.2, -0.15) is 0 Å². The maximum absolute atomic E-state index is 11.7. The van der Waals surface area contributed by atoms with Gasteiger partial charge in [0.15, 0.2) is 6.23 Å². The molecule has 3 rings (SSSR count). The van der Waals surface area contributed by atoms with E-state index in [-0.39, 0.29) is 13.2 Å². The zero-order valence-corrected chi connectivity index (χ0v) is 10.2. The highest BCUT2D eigenvalue weighted by Crippen LogP contribution is 2.44. The van der Waals surface area contributed by atoms with E-state index in [1.54, 1.807) is 0 Å². The Balaban J connectivity index is 1.96. The maximum atomic E-state index is 11.7. The van der Waals surface area contributed by atoms with Crippen LogP contribution in [0, 0.1) is 0 Å². The Bertz CT molecular complexity index is 692. The van der Waals surface area contributed by atoms with Crippen LogP contribution < -0.4 is 11.2 Å². The molecule has 0 amide bonds. The lowest BCUT2D eigenvalue weighted by atomic mass is 10.00. The van der Waals surface area contributed by atoms with E-state index >= 15 is 0 Å². The summed E-state index contributed by atoms with van der Waals surface area (Å²) < 4.78 is 12.2. The molecule has 106 valence electrons. The van der Waals surface area contributed by atoms with Gasteiger partial charge in [-0.25, -0.2) is 4.79 Å². The molecule has 2 N–H and O–H groups in total. The Labute approximate surface area is 111 Å². The number of azide groups is 1. The molecular formula is C10H11N5O5. The minimum Gasteiger partial charge on any atom is -0.387 e. The molecule has 0 spiro atoms. The first-order valence-corrected chi connectivity index (χ1v) is 5.87. The highest BCUT2D eigenvalue weighted by molar-refractivity contribution is 5.08. The van der Waals surface area contributed by atoms with Gasteiger partial charge in [0.1, 0.15) is 17.8 Å². The number of fused-ring (bicyclic) bond motifs is 2. The van der Waals surface area contributed by atoms with Crippen molar-refractivity contribution in [1.29, 1.82) is 0 Å². The minimum atomic E-state index is -1.16. The van der Waals surface area contributed by atoms with Gasteiger partial charge in [-0.1, -0.05) is 5.11 Å². The third-order valence-corrected chi connectivity index (χ3v) is 3.53. The van der Waals surface area contributed by atoms with Gasteiger partial charge in [0.25, 0.3) is 5.56 Å². The maximum Gasteiger partial charge on any atom is 0.330 e. The van der Waals surface area contributed by atoms with Crippen LogP contribution in [0.1, 0.15) is 6.23 Å². The topological polar surface area (TPSA) is 142 Å². The lowest BCUT2D eigenvalue weighted by Gasteiger charge is -2.29. The number of aliphatic hydroxyl groups is 1. The molecule has 3 heterocycles. The second-order valence-corrected chi connectivity index (χ2v) is 4.70. The van der Waals surface area contributed by atoms with Crippen molar-refractivity contribution in [1.82, 2.24) is 9.55 Å². The molecule has 4 atom stereocenters. The number of H-pyrrole nitrogens is 1. The van der Waals surface area contributed by atoms with E-state index < -0.39 is 35.3 Å². The lowest BCUT2D eigenvalue weighted by Crippen LogP contribution is -2.44. The second-order valence-electron chi connectivity index (χ2n) is 4.70. The van der Waals surface area contributed by atoms with E-state index in [9.17, 15) is 14.7 Å². The number of aromatic amines is 1. The smallest absolute Gasteiger partial charge is 0.330 e. The Morgan fingerprint density at radius 3 is 3.15 bits per heavy atom. The molecule has 0 aliphatic carbocycles. The number of rotatable bonds is 3. The fourth-order valence-electron chi connectivity index (χ4n) is 2.53. The van der Waals surface area contributed by atoms with Gasteiger partial charge in [-0.15, -0.1) is 0 Å². The Kier molecular flexibility index (Phi) is 2.87. The van der Waals surface area contributed by atoms with Crippen LogP contribution in [0.5, 0.6) is 0 Å². The van der Waals surface area contributed by atoms with Gasteiger partial charge in [0, 0.05) is 17.2 Å². The van der Waals surface area contributed by atoms with Gasteiger partial charge in [0.05, 0.1) is 13.2 Å². The first-order chi connectivity index (χ1) is 9.57. The van der Waals surface area contributed by atoms with Gasteiger partial charge in [-0.05, 0) is 5.53 Å². The summed E-state index contributed by atoms with van der Waals surface area (Å²) in [5.41, 5.74) is 6.03. The monoisotopic (exact) mass is 281 g/mol. The third-order valence-electron chi connectivity index (χ3n) is 3.53. The van der Waals surface area contributed by atoms with Crippen molar-refractivity contribution < 1.29 is 14.6 Å². The predicted octanol–water partition coefficient (Wildman–Crippen LogP) is -1.13. The van der Waals surface area contributed by atoms with E-state index in [0.29, 0.717) is 0 Å². The summed E-state index contributed by atoms with van der Waals surface area (Å²) in [7, 11) is 0. The fraction of sp³-hybridized carbons (Fsp3) is 0.600. The summed E-state index contributed by atoms with van der Waals surface area (Å²) in [5, 5.41) is 13.6. The number of nitrogens with one attached hydrogen (secondary N) is 1. The fourth-order valence-corrected chi connectivity index (χ4v) is 2.53. The van der Waals surface area contributed by atoms with Crippen molar-refractivity contribution in [2.75, 3.05) is 13.2 Å². The molecule has 2 saturated heterocycles. The van der Waals surface area contributed by atoms with Gasteiger partial charge >= 0.3 is 5.69 Å². The van der Waals surface area contributed by atoms with Crippen LogP contribution in [0.2, 0.25) is 0 Å². The molecule has 10 nitrogen and oxygen atoms in total.